The fourth-order valence-electron chi connectivity index (χ4n) is 2.94. The molecular formula is C17H22N2O2. The zero-order valence-corrected chi connectivity index (χ0v) is 12.4. The van der Waals surface area contributed by atoms with Crippen molar-refractivity contribution in [2.24, 2.45) is 0 Å². The van der Waals surface area contributed by atoms with Crippen molar-refractivity contribution in [3.05, 3.63) is 47.8 Å². The zero-order valence-electron chi connectivity index (χ0n) is 12.4. The molecule has 2 aromatic rings. The van der Waals surface area contributed by atoms with E-state index in [-0.39, 0.29) is 0 Å². The number of benzene rings is 1. The second-order valence-electron chi connectivity index (χ2n) is 5.73. The summed E-state index contributed by atoms with van der Waals surface area (Å²) in [7, 11) is 0. The summed E-state index contributed by atoms with van der Waals surface area (Å²) < 4.78 is 7.90. The van der Waals surface area contributed by atoms with Crippen LogP contribution in [0.5, 0.6) is 5.75 Å². The number of rotatable bonds is 5. The van der Waals surface area contributed by atoms with Crippen molar-refractivity contribution in [1.29, 1.82) is 0 Å². The Morgan fingerprint density at radius 1 is 1.29 bits per heavy atom. The number of nitrogens with zero attached hydrogens (tertiary/aromatic N) is 2. The maximum atomic E-state index is 9.75. The third-order valence-corrected chi connectivity index (χ3v) is 4.11. The molecule has 4 heteroatoms. The first-order chi connectivity index (χ1) is 10.2. The summed E-state index contributed by atoms with van der Waals surface area (Å²) in [5.41, 5.74) is 1.75. The SMILES string of the molecule is C[C@H](O)c1ccccc1OCc1ccn(C2CCCC2)n1. The van der Waals surface area contributed by atoms with Crippen LogP contribution in [0.2, 0.25) is 0 Å². The molecule has 0 spiro atoms. The highest BCUT2D eigenvalue weighted by Gasteiger charge is 2.17. The molecule has 0 radical (unpaired) electrons. The van der Waals surface area contributed by atoms with Gasteiger partial charge in [-0.25, -0.2) is 0 Å². The van der Waals surface area contributed by atoms with Gasteiger partial charge in [0.25, 0.3) is 0 Å². The van der Waals surface area contributed by atoms with Crippen molar-refractivity contribution in [3.63, 3.8) is 0 Å². The average molecular weight is 286 g/mol. The Bertz CT molecular complexity index is 586. The van der Waals surface area contributed by atoms with E-state index < -0.39 is 6.10 Å². The van der Waals surface area contributed by atoms with E-state index in [0.29, 0.717) is 12.6 Å². The van der Waals surface area contributed by atoms with Gasteiger partial charge < -0.3 is 9.84 Å². The Morgan fingerprint density at radius 2 is 2.05 bits per heavy atom. The lowest BCUT2D eigenvalue weighted by molar-refractivity contribution is 0.189. The van der Waals surface area contributed by atoms with E-state index in [9.17, 15) is 5.11 Å². The van der Waals surface area contributed by atoms with Gasteiger partial charge in [-0.1, -0.05) is 31.0 Å². The summed E-state index contributed by atoms with van der Waals surface area (Å²) in [6.07, 6.45) is 6.59. The lowest BCUT2D eigenvalue weighted by Crippen LogP contribution is -2.07. The van der Waals surface area contributed by atoms with Crippen molar-refractivity contribution in [2.75, 3.05) is 0 Å². The molecule has 1 aromatic carbocycles. The number of ether oxygens (including phenoxy) is 1. The van der Waals surface area contributed by atoms with Crippen molar-refractivity contribution >= 4 is 0 Å². The van der Waals surface area contributed by atoms with Gasteiger partial charge in [-0.15, -0.1) is 0 Å². The van der Waals surface area contributed by atoms with E-state index >= 15 is 0 Å². The minimum absolute atomic E-state index is 0.434. The molecule has 0 amide bonds. The Balaban J connectivity index is 1.65. The lowest BCUT2D eigenvalue weighted by Gasteiger charge is -2.12. The maximum absolute atomic E-state index is 9.75. The van der Waals surface area contributed by atoms with Gasteiger partial charge in [-0.3, -0.25) is 4.68 Å². The Labute approximate surface area is 125 Å². The summed E-state index contributed by atoms with van der Waals surface area (Å²) in [6.45, 7) is 2.18. The summed E-state index contributed by atoms with van der Waals surface area (Å²) in [6, 6.07) is 10.2. The van der Waals surface area contributed by atoms with E-state index in [1.165, 1.54) is 25.7 Å². The first-order valence-electron chi connectivity index (χ1n) is 7.68. The van der Waals surface area contributed by atoms with E-state index in [1.807, 2.05) is 30.3 Å². The molecule has 3 rings (SSSR count). The van der Waals surface area contributed by atoms with Crippen LogP contribution >= 0.6 is 0 Å². The Morgan fingerprint density at radius 3 is 2.81 bits per heavy atom. The van der Waals surface area contributed by atoms with Crippen molar-refractivity contribution in [3.8, 4) is 5.75 Å². The molecule has 4 nitrogen and oxygen atoms in total. The second kappa shape index (κ2) is 6.31. The molecule has 1 atom stereocenters. The summed E-state index contributed by atoms with van der Waals surface area (Å²) in [4.78, 5) is 0. The number of hydrogen-bond acceptors (Lipinski definition) is 3. The van der Waals surface area contributed by atoms with Crippen LogP contribution < -0.4 is 4.74 Å². The van der Waals surface area contributed by atoms with Crippen LogP contribution in [0.1, 0.15) is 56.0 Å². The average Bonchev–Trinajstić information content (AvgIpc) is 3.16. The quantitative estimate of drug-likeness (QED) is 0.913. The zero-order chi connectivity index (χ0) is 14.7. The molecule has 1 aliphatic rings. The highest BCUT2D eigenvalue weighted by Crippen LogP contribution is 2.29. The monoisotopic (exact) mass is 286 g/mol. The van der Waals surface area contributed by atoms with E-state index in [1.54, 1.807) is 6.92 Å². The molecule has 0 aliphatic heterocycles. The number of aromatic nitrogens is 2. The number of aliphatic hydroxyl groups excluding tert-OH is 1. The largest absolute Gasteiger partial charge is 0.487 e. The smallest absolute Gasteiger partial charge is 0.132 e. The van der Waals surface area contributed by atoms with Crippen molar-refractivity contribution < 1.29 is 9.84 Å². The van der Waals surface area contributed by atoms with Crippen molar-refractivity contribution in [2.45, 2.75) is 51.4 Å². The Hall–Kier alpha value is -1.81. The predicted octanol–water partition coefficient (Wildman–Crippen LogP) is 3.63. The molecule has 0 saturated heterocycles. The normalized spacial score (nSPS) is 17.0. The lowest BCUT2D eigenvalue weighted by atomic mass is 10.1. The third kappa shape index (κ3) is 3.27. The van der Waals surface area contributed by atoms with Gasteiger partial charge in [-0.05, 0) is 31.9 Å². The van der Waals surface area contributed by atoms with Crippen molar-refractivity contribution in [1.82, 2.24) is 9.78 Å². The van der Waals surface area contributed by atoms with Crippen LogP contribution in [0.25, 0.3) is 0 Å². The molecule has 1 heterocycles. The Kier molecular flexibility index (Phi) is 4.25. The first kappa shape index (κ1) is 14.1. The van der Waals surface area contributed by atoms with Gasteiger partial charge >= 0.3 is 0 Å². The topological polar surface area (TPSA) is 47.3 Å². The minimum atomic E-state index is -0.530. The van der Waals surface area contributed by atoms with Crippen LogP contribution in [-0.4, -0.2) is 14.9 Å². The minimum Gasteiger partial charge on any atom is -0.487 e. The molecule has 1 fully saturated rings. The van der Waals surface area contributed by atoms with Gasteiger partial charge in [0, 0.05) is 11.8 Å². The van der Waals surface area contributed by atoms with Gasteiger partial charge in [0.15, 0.2) is 0 Å². The van der Waals surface area contributed by atoms with E-state index in [0.717, 1.165) is 17.0 Å². The molecule has 1 saturated carbocycles. The fourth-order valence-corrected chi connectivity index (χ4v) is 2.94. The molecule has 1 aromatic heterocycles. The molecular weight excluding hydrogens is 264 g/mol. The van der Waals surface area contributed by atoms with Crippen LogP contribution in [0.3, 0.4) is 0 Å². The number of aliphatic hydroxyl groups is 1. The van der Waals surface area contributed by atoms with E-state index in [2.05, 4.69) is 16.0 Å². The highest BCUT2D eigenvalue weighted by atomic mass is 16.5. The van der Waals surface area contributed by atoms with Gasteiger partial charge in [0.05, 0.1) is 17.8 Å². The third-order valence-electron chi connectivity index (χ3n) is 4.11. The standard InChI is InChI=1S/C17H22N2O2/c1-13(20)16-8-4-5-9-17(16)21-12-14-10-11-19(18-14)15-6-2-3-7-15/h4-5,8-11,13,15,20H,2-3,6-7,12H2,1H3/t13-/m0/s1. The maximum Gasteiger partial charge on any atom is 0.132 e. The van der Waals surface area contributed by atoms with Crippen LogP contribution in [0.4, 0.5) is 0 Å². The highest BCUT2D eigenvalue weighted by molar-refractivity contribution is 5.34. The molecule has 1 N–H and O–H groups in total. The second-order valence-corrected chi connectivity index (χ2v) is 5.73. The van der Waals surface area contributed by atoms with Gasteiger partial charge in [0.1, 0.15) is 12.4 Å². The van der Waals surface area contributed by atoms with Crippen LogP contribution in [0, 0.1) is 0 Å². The predicted molar refractivity (Wildman–Crippen MR) is 81.1 cm³/mol. The fraction of sp³-hybridized carbons (Fsp3) is 0.471. The number of para-hydroxylation sites is 1. The van der Waals surface area contributed by atoms with E-state index in [4.69, 9.17) is 4.74 Å². The molecule has 112 valence electrons. The van der Waals surface area contributed by atoms with Crippen LogP contribution in [0.15, 0.2) is 36.5 Å². The summed E-state index contributed by atoms with van der Waals surface area (Å²) in [5.74, 6) is 0.725. The molecule has 1 aliphatic carbocycles. The summed E-state index contributed by atoms with van der Waals surface area (Å²) in [5, 5.41) is 14.4. The number of hydrogen-bond donors (Lipinski definition) is 1. The summed E-state index contributed by atoms with van der Waals surface area (Å²) >= 11 is 0. The van der Waals surface area contributed by atoms with Gasteiger partial charge in [-0.2, -0.15) is 5.10 Å². The molecule has 0 bridgehead atoms. The van der Waals surface area contributed by atoms with Crippen LogP contribution in [-0.2, 0) is 6.61 Å². The van der Waals surface area contributed by atoms with Gasteiger partial charge in [0.2, 0.25) is 0 Å². The first-order valence-corrected chi connectivity index (χ1v) is 7.68. The molecule has 21 heavy (non-hydrogen) atoms. The molecule has 0 unspecified atom stereocenters.